The first-order chi connectivity index (χ1) is 7.63. The summed E-state index contributed by atoms with van der Waals surface area (Å²) in [7, 11) is 0. The summed E-state index contributed by atoms with van der Waals surface area (Å²) in [5.74, 6) is -1.05. The van der Waals surface area contributed by atoms with Crippen molar-refractivity contribution in [2.45, 2.75) is 19.8 Å². The average molecular weight is 226 g/mol. The number of anilines is 2. The Labute approximate surface area is 94.0 Å². The SMILES string of the molecule is CCN(CC1CC1)c1c(N)ccc(F)c1F. The Bertz CT molecular complexity index is 389. The lowest BCUT2D eigenvalue weighted by atomic mass is 10.2. The minimum absolute atomic E-state index is 0.217. The molecule has 4 heteroatoms. The van der Waals surface area contributed by atoms with Crippen molar-refractivity contribution in [3.05, 3.63) is 23.8 Å². The summed E-state index contributed by atoms with van der Waals surface area (Å²) in [6, 6.07) is 2.49. The summed E-state index contributed by atoms with van der Waals surface area (Å²) >= 11 is 0. The highest BCUT2D eigenvalue weighted by Crippen LogP contribution is 2.34. The number of nitrogens with two attached hydrogens (primary N) is 1. The second kappa shape index (κ2) is 4.28. The molecule has 0 saturated heterocycles. The van der Waals surface area contributed by atoms with E-state index in [1.54, 1.807) is 0 Å². The van der Waals surface area contributed by atoms with Gasteiger partial charge >= 0.3 is 0 Å². The van der Waals surface area contributed by atoms with Gasteiger partial charge < -0.3 is 10.6 Å². The molecule has 0 atom stereocenters. The van der Waals surface area contributed by atoms with Crippen LogP contribution >= 0.6 is 0 Å². The van der Waals surface area contributed by atoms with E-state index in [4.69, 9.17) is 5.73 Å². The molecule has 1 aliphatic carbocycles. The average Bonchev–Trinajstić information content (AvgIpc) is 3.06. The van der Waals surface area contributed by atoms with Gasteiger partial charge in [-0.05, 0) is 37.8 Å². The number of benzene rings is 1. The van der Waals surface area contributed by atoms with Gasteiger partial charge in [0.05, 0.1) is 11.4 Å². The Hall–Kier alpha value is -1.32. The molecule has 16 heavy (non-hydrogen) atoms. The molecule has 0 radical (unpaired) electrons. The monoisotopic (exact) mass is 226 g/mol. The summed E-state index contributed by atoms with van der Waals surface area (Å²) in [6.45, 7) is 3.33. The van der Waals surface area contributed by atoms with Crippen molar-refractivity contribution < 1.29 is 8.78 Å². The Balaban J connectivity index is 2.31. The molecule has 0 aliphatic heterocycles. The number of halogens is 2. The number of hydrogen-bond donors (Lipinski definition) is 1. The third kappa shape index (κ3) is 2.10. The Morgan fingerprint density at radius 2 is 2.06 bits per heavy atom. The molecular weight excluding hydrogens is 210 g/mol. The predicted octanol–water partition coefficient (Wildman–Crippen LogP) is 2.78. The van der Waals surface area contributed by atoms with E-state index in [1.165, 1.54) is 18.9 Å². The summed E-state index contributed by atoms with van der Waals surface area (Å²) in [5, 5.41) is 0. The van der Waals surface area contributed by atoms with Gasteiger partial charge in [-0.15, -0.1) is 0 Å². The Kier molecular flexibility index (Phi) is 2.99. The Morgan fingerprint density at radius 3 is 2.62 bits per heavy atom. The van der Waals surface area contributed by atoms with E-state index in [9.17, 15) is 8.78 Å². The van der Waals surface area contributed by atoms with Crippen molar-refractivity contribution in [3.63, 3.8) is 0 Å². The van der Waals surface area contributed by atoms with Crippen LogP contribution in [0.3, 0.4) is 0 Å². The summed E-state index contributed by atoms with van der Waals surface area (Å²) in [6.07, 6.45) is 2.35. The number of nitrogens with zero attached hydrogens (tertiary/aromatic N) is 1. The van der Waals surface area contributed by atoms with Crippen molar-refractivity contribution in [3.8, 4) is 0 Å². The second-order valence-corrected chi connectivity index (χ2v) is 4.28. The quantitative estimate of drug-likeness (QED) is 0.800. The maximum Gasteiger partial charge on any atom is 0.184 e. The van der Waals surface area contributed by atoms with E-state index in [2.05, 4.69) is 0 Å². The second-order valence-electron chi connectivity index (χ2n) is 4.28. The Morgan fingerprint density at radius 1 is 1.38 bits per heavy atom. The summed E-state index contributed by atoms with van der Waals surface area (Å²) < 4.78 is 26.8. The summed E-state index contributed by atoms with van der Waals surface area (Å²) in [5.41, 5.74) is 6.24. The predicted molar refractivity (Wildman–Crippen MR) is 61.4 cm³/mol. The minimum Gasteiger partial charge on any atom is -0.397 e. The van der Waals surface area contributed by atoms with Crippen molar-refractivity contribution in [2.75, 3.05) is 23.7 Å². The zero-order valence-corrected chi connectivity index (χ0v) is 9.34. The molecule has 1 saturated carbocycles. The lowest BCUT2D eigenvalue weighted by Crippen LogP contribution is -2.27. The van der Waals surface area contributed by atoms with E-state index in [0.717, 1.165) is 12.6 Å². The van der Waals surface area contributed by atoms with Gasteiger partial charge in [0.2, 0.25) is 0 Å². The van der Waals surface area contributed by atoms with Crippen molar-refractivity contribution in [1.29, 1.82) is 0 Å². The minimum atomic E-state index is -0.835. The van der Waals surface area contributed by atoms with Crippen LogP contribution in [0.2, 0.25) is 0 Å². The molecule has 2 rings (SSSR count). The maximum atomic E-state index is 13.7. The molecule has 0 heterocycles. The smallest absolute Gasteiger partial charge is 0.184 e. The topological polar surface area (TPSA) is 29.3 Å². The van der Waals surface area contributed by atoms with Crippen LogP contribution in [0.1, 0.15) is 19.8 Å². The fraction of sp³-hybridized carbons (Fsp3) is 0.500. The lowest BCUT2D eigenvalue weighted by Gasteiger charge is -2.25. The molecule has 88 valence electrons. The van der Waals surface area contributed by atoms with Crippen LogP contribution in [-0.2, 0) is 0 Å². The molecule has 0 bridgehead atoms. The van der Waals surface area contributed by atoms with Gasteiger partial charge in [0.15, 0.2) is 11.6 Å². The van der Waals surface area contributed by atoms with Crippen LogP contribution in [-0.4, -0.2) is 13.1 Å². The molecule has 0 spiro atoms. The van der Waals surface area contributed by atoms with Gasteiger partial charge in [0.25, 0.3) is 0 Å². The third-order valence-corrected chi connectivity index (χ3v) is 2.97. The van der Waals surface area contributed by atoms with Crippen LogP contribution < -0.4 is 10.6 Å². The highest BCUT2D eigenvalue weighted by molar-refractivity contribution is 5.68. The first kappa shape index (κ1) is 11.2. The molecule has 0 amide bonds. The van der Waals surface area contributed by atoms with Gasteiger partial charge in [-0.25, -0.2) is 8.78 Å². The first-order valence-electron chi connectivity index (χ1n) is 5.62. The molecule has 1 fully saturated rings. The molecular formula is C12H16F2N2. The van der Waals surface area contributed by atoms with E-state index in [-0.39, 0.29) is 5.69 Å². The number of hydrogen-bond acceptors (Lipinski definition) is 2. The van der Waals surface area contributed by atoms with Crippen LogP contribution in [0.4, 0.5) is 20.2 Å². The largest absolute Gasteiger partial charge is 0.397 e. The zero-order valence-electron chi connectivity index (χ0n) is 9.34. The van der Waals surface area contributed by atoms with E-state index >= 15 is 0 Å². The molecule has 0 unspecified atom stereocenters. The van der Waals surface area contributed by atoms with Gasteiger partial charge in [0.1, 0.15) is 0 Å². The van der Waals surface area contributed by atoms with Gasteiger partial charge in [0, 0.05) is 13.1 Å². The van der Waals surface area contributed by atoms with Gasteiger partial charge in [-0.1, -0.05) is 0 Å². The normalized spacial score (nSPS) is 15.2. The standard InChI is InChI=1S/C12H16F2N2/c1-2-16(7-8-3-4-8)12-10(15)6-5-9(13)11(12)14/h5-6,8H,2-4,7,15H2,1H3. The van der Waals surface area contributed by atoms with Crippen LogP contribution in [0.15, 0.2) is 12.1 Å². The van der Waals surface area contributed by atoms with E-state index in [0.29, 0.717) is 18.2 Å². The van der Waals surface area contributed by atoms with Crippen molar-refractivity contribution in [1.82, 2.24) is 0 Å². The lowest BCUT2D eigenvalue weighted by molar-refractivity contribution is 0.506. The highest BCUT2D eigenvalue weighted by Gasteiger charge is 2.26. The molecule has 2 nitrogen and oxygen atoms in total. The van der Waals surface area contributed by atoms with Crippen molar-refractivity contribution in [2.24, 2.45) is 5.92 Å². The fourth-order valence-electron chi connectivity index (χ4n) is 1.87. The molecule has 1 aromatic rings. The molecule has 1 aliphatic rings. The fourth-order valence-corrected chi connectivity index (χ4v) is 1.87. The van der Waals surface area contributed by atoms with Gasteiger partial charge in [-0.3, -0.25) is 0 Å². The highest BCUT2D eigenvalue weighted by atomic mass is 19.2. The number of rotatable bonds is 4. The summed E-state index contributed by atoms with van der Waals surface area (Å²) in [4.78, 5) is 1.82. The number of nitrogen functional groups attached to an aromatic ring is 1. The zero-order chi connectivity index (χ0) is 11.7. The van der Waals surface area contributed by atoms with Crippen LogP contribution in [0.25, 0.3) is 0 Å². The van der Waals surface area contributed by atoms with Crippen molar-refractivity contribution >= 4 is 11.4 Å². The first-order valence-corrected chi connectivity index (χ1v) is 5.62. The molecule has 2 N–H and O–H groups in total. The maximum absolute atomic E-state index is 13.7. The van der Waals surface area contributed by atoms with E-state index < -0.39 is 11.6 Å². The molecule has 0 aromatic heterocycles. The van der Waals surface area contributed by atoms with E-state index in [1.807, 2.05) is 11.8 Å². The van der Waals surface area contributed by atoms with Gasteiger partial charge in [-0.2, -0.15) is 0 Å². The van der Waals surface area contributed by atoms with Crippen LogP contribution in [0.5, 0.6) is 0 Å². The third-order valence-electron chi connectivity index (χ3n) is 2.97. The van der Waals surface area contributed by atoms with Crippen LogP contribution in [0, 0.1) is 17.6 Å². The molecule has 1 aromatic carbocycles.